The molecule has 3 rings (SSSR count). The van der Waals surface area contributed by atoms with Crippen molar-refractivity contribution in [3.63, 3.8) is 0 Å². The molecule has 0 unspecified atom stereocenters. The molecule has 0 aliphatic heterocycles. The Hall–Kier alpha value is -2.76. The molecule has 0 radical (unpaired) electrons. The number of likely N-dealkylation sites (N-methyl/N-ethyl adjacent to an activating group) is 1. The standard InChI is InChI=1S/C15H15N5O/c1-20(14-16-7-4-8-17-14)9-10-21-15-18-11-12-5-2-3-6-13(12)19-15/h2-8,11H,9-10H2,1H3. The molecule has 0 N–H and O–H groups in total. The minimum Gasteiger partial charge on any atom is -0.462 e. The molecule has 1 aromatic carbocycles. The van der Waals surface area contributed by atoms with Gasteiger partial charge in [-0.1, -0.05) is 18.2 Å². The Balaban J connectivity index is 1.59. The molecule has 6 heteroatoms. The van der Waals surface area contributed by atoms with Crippen LogP contribution in [0.2, 0.25) is 0 Å². The first kappa shape index (κ1) is 13.2. The highest BCUT2D eigenvalue weighted by molar-refractivity contribution is 5.77. The van der Waals surface area contributed by atoms with Crippen LogP contribution in [0.3, 0.4) is 0 Å². The van der Waals surface area contributed by atoms with E-state index in [1.165, 1.54) is 0 Å². The highest BCUT2D eigenvalue weighted by Crippen LogP contribution is 2.12. The minimum atomic E-state index is 0.385. The lowest BCUT2D eigenvalue weighted by atomic mass is 10.2. The van der Waals surface area contributed by atoms with Gasteiger partial charge < -0.3 is 9.64 Å². The third-order valence-electron chi connectivity index (χ3n) is 3.02. The van der Waals surface area contributed by atoms with Crippen molar-refractivity contribution >= 4 is 16.9 Å². The van der Waals surface area contributed by atoms with Gasteiger partial charge in [-0.3, -0.25) is 0 Å². The molecule has 6 nitrogen and oxygen atoms in total. The summed E-state index contributed by atoms with van der Waals surface area (Å²) in [7, 11) is 1.92. The number of aromatic nitrogens is 4. The normalized spacial score (nSPS) is 10.5. The molecule has 0 saturated carbocycles. The molecule has 0 atom stereocenters. The lowest BCUT2D eigenvalue weighted by Crippen LogP contribution is -2.25. The third kappa shape index (κ3) is 3.22. The van der Waals surface area contributed by atoms with E-state index in [-0.39, 0.29) is 0 Å². The smallest absolute Gasteiger partial charge is 0.316 e. The summed E-state index contributed by atoms with van der Waals surface area (Å²) in [6.45, 7) is 1.12. The maximum atomic E-state index is 5.59. The molecule has 0 aliphatic carbocycles. The van der Waals surface area contributed by atoms with Crippen LogP contribution in [0.4, 0.5) is 5.95 Å². The Morgan fingerprint density at radius 1 is 1.05 bits per heavy atom. The number of para-hydroxylation sites is 1. The average Bonchev–Trinajstić information content (AvgIpc) is 2.55. The molecule has 0 aliphatic rings. The average molecular weight is 281 g/mol. The van der Waals surface area contributed by atoms with Crippen LogP contribution in [0, 0.1) is 0 Å². The van der Waals surface area contributed by atoms with E-state index in [1.54, 1.807) is 24.7 Å². The van der Waals surface area contributed by atoms with E-state index in [4.69, 9.17) is 4.74 Å². The van der Waals surface area contributed by atoms with Crippen molar-refractivity contribution in [2.45, 2.75) is 0 Å². The molecule has 2 heterocycles. The van der Waals surface area contributed by atoms with Crippen molar-refractivity contribution in [1.82, 2.24) is 19.9 Å². The van der Waals surface area contributed by atoms with Gasteiger partial charge >= 0.3 is 6.01 Å². The lowest BCUT2D eigenvalue weighted by molar-refractivity contribution is 0.301. The summed E-state index contributed by atoms with van der Waals surface area (Å²) < 4.78 is 5.59. The number of hydrogen-bond acceptors (Lipinski definition) is 6. The predicted molar refractivity (Wildman–Crippen MR) is 80.3 cm³/mol. The Kier molecular flexibility index (Phi) is 3.86. The second-order valence-corrected chi connectivity index (χ2v) is 4.53. The summed E-state index contributed by atoms with van der Waals surface area (Å²) in [5.74, 6) is 0.667. The monoisotopic (exact) mass is 281 g/mol. The topological polar surface area (TPSA) is 64.0 Å². The van der Waals surface area contributed by atoms with Crippen LogP contribution in [0.1, 0.15) is 0 Å². The van der Waals surface area contributed by atoms with Crippen molar-refractivity contribution in [2.75, 3.05) is 25.1 Å². The molecule has 0 amide bonds. The molecular formula is C15H15N5O. The van der Waals surface area contributed by atoms with Gasteiger partial charge in [0.05, 0.1) is 12.1 Å². The molecule has 0 fully saturated rings. The first-order chi connectivity index (χ1) is 10.3. The lowest BCUT2D eigenvalue weighted by Gasteiger charge is -2.16. The maximum absolute atomic E-state index is 5.59. The first-order valence-corrected chi connectivity index (χ1v) is 6.66. The number of benzene rings is 1. The van der Waals surface area contributed by atoms with Crippen LogP contribution in [-0.4, -0.2) is 40.1 Å². The van der Waals surface area contributed by atoms with E-state index in [9.17, 15) is 0 Å². The summed E-state index contributed by atoms with van der Waals surface area (Å²) in [5, 5.41) is 1.000. The number of anilines is 1. The highest BCUT2D eigenvalue weighted by Gasteiger charge is 2.04. The van der Waals surface area contributed by atoms with Gasteiger partial charge in [0.1, 0.15) is 6.61 Å². The summed E-state index contributed by atoms with van der Waals surface area (Å²) in [6.07, 6.45) is 5.19. The van der Waals surface area contributed by atoms with Crippen molar-refractivity contribution in [3.8, 4) is 6.01 Å². The quantitative estimate of drug-likeness (QED) is 0.712. The summed E-state index contributed by atoms with van der Waals surface area (Å²) in [4.78, 5) is 18.8. The summed E-state index contributed by atoms with van der Waals surface area (Å²) in [5.41, 5.74) is 0.877. The summed E-state index contributed by atoms with van der Waals surface area (Å²) in [6, 6.07) is 9.99. The molecule has 0 bridgehead atoms. The molecule has 0 saturated heterocycles. The number of hydrogen-bond donors (Lipinski definition) is 0. The van der Waals surface area contributed by atoms with Crippen LogP contribution in [0.25, 0.3) is 10.9 Å². The zero-order chi connectivity index (χ0) is 14.5. The Labute approximate surface area is 122 Å². The van der Waals surface area contributed by atoms with Gasteiger partial charge in [0.2, 0.25) is 5.95 Å². The predicted octanol–water partition coefficient (Wildman–Crippen LogP) is 1.93. The highest BCUT2D eigenvalue weighted by atomic mass is 16.5. The van der Waals surface area contributed by atoms with E-state index in [2.05, 4.69) is 19.9 Å². The largest absolute Gasteiger partial charge is 0.462 e. The fourth-order valence-electron chi connectivity index (χ4n) is 1.89. The summed E-state index contributed by atoms with van der Waals surface area (Å²) >= 11 is 0. The van der Waals surface area contributed by atoms with Crippen molar-refractivity contribution in [2.24, 2.45) is 0 Å². The zero-order valence-corrected chi connectivity index (χ0v) is 11.7. The van der Waals surface area contributed by atoms with Crippen LogP contribution >= 0.6 is 0 Å². The van der Waals surface area contributed by atoms with Gasteiger partial charge in [0.15, 0.2) is 0 Å². The fraction of sp³-hybridized carbons (Fsp3) is 0.200. The second-order valence-electron chi connectivity index (χ2n) is 4.53. The number of fused-ring (bicyclic) bond motifs is 1. The Morgan fingerprint density at radius 3 is 2.71 bits per heavy atom. The van der Waals surface area contributed by atoms with Gasteiger partial charge in [-0.25, -0.2) is 15.0 Å². The minimum absolute atomic E-state index is 0.385. The van der Waals surface area contributed by atoms with Crippen LogP contribution < -0.4 is 9.64 Å². The molecule has 2 aromatic heterocycles. The zero-order valence-electron chi connectivity index (χ0n) is 11.7. The van der Waals surface area contributed by atoms with Crippen molar-refractivity contribution < 1.29 is 4.74 Å². The first-order valence-electron chi connectivity index (χ1n) is 6.66. The van der Waals surface area contributed by atoms with E-state index < -0.39 is 0 Å². The van der Waals surface area contributed by atoms with Crippen LogP contribution in [-0.2, 0) is 0 Å². The van der Waals surface area contributed by atoms with Gasteiger partial charge in [0.25, 0.3) is 0 Å². The number of ether oxygens (including phenoxy) is 1. The molecule has 106 valence electrons. The third-order valence-corrected chi connectivity index (χ3v) is 3.02. The van der Waals surface area contributed by atoms with Crippen LogP contribution in [0.15, 0.2) is 48.9 Å². The van der Waals surface area contributed by atoms with Gasteiger partial charge in [-0.05, 0) is 12.1 Å². The van der Waals surface area contributed by atoms with E-state index in [0.29, 0.717) is 25.1 Å². The van der Waals surface area contributed by atoms with Crippen molar-refractivity contribution in [3.05, 3.63) is 48.9 Å². The maximum Gasteiger partial charge on any atom is 0.316 e. The molecule has 0 spiro atoms. The Morgan fingerprint density at radius 2 is 1.86 bits per heavy atom. The second kappa shape index (κ2) is 6.13. The van der Waals surface area contributed by atoms with Gasteiger partial charge in [-0.15, -0.1) is 0 Å². The Bertz CT molecular complexity index is 719. The molecule has 21 heavy (non-hydrogen) atoms. The molecule has 3 aromatic rings. The van der Waals surface area contributed by atoms with Gasteiger partial charge in [0, 0.05) is 31.0 Å². The fourth-order valence-corrected chi connectivity index (χ4v) is 1.89. The SMILES string of the molecule is CN(CCOc1ncc2ccccc2n1)c1ncccn1. The van der Waals surface area contributed by atoms with E-state index >= 15 is 0 Å². The van der Waals surface area contributed by atoms with Gasteiger partial charge in [-0.2, -0.15) is 4.98 Å². The van der Waals surface area contributed by atoms with E-state index in [0.717, 1.165) is 10.9 Å². The van der Waals surface area contributed by atoms with E-state index in [1.807, 2.05) is 36.2 Å². The van der Waals surface area contributed by atoms with Crippen LogP contribution in [0.5, 0.6) is 6.01 Å². The molecular weight excluding hydrogens is 266 g/mol. The van der Waals surface area contributed by atoms with Crippen molar-refractivity contribution in [1.29, 1.82) is 0 Å². The number of rotatable bonds is 5. The number of nitrogens with zero attached hydrogens (tertiary/aromatic N) is 5.